The van der Waals surface area contributed by atoms with E-state index in [4.69, 9.17) is 4.74 Å². The summed E-state index contributed by atoms with van der Waals surface area (Å²) in [5, 5.41) is 13.5. The topological polar surface area (TPSA) is 80.1 Å². The van der Waals surface area contributed by atoms with Gasteiger partial charge in [-0.1, -0.05) is 24.3 Å². The van der Waals surface area contributed by atoms with Crippen LogP contribution >= 0.6 is 0 Å². The van der Waals surface area contributed by atoms with E-state index in [2.05, 4.69) is 12.4 Å². The minimum Gasteiger partial charge on any atom is -0.507 e. The molecule has 6 heteroatoms. The monoisotopic (exact) mass is 369 g/mol. The molecule has 0 spiro atoms. The van der Waals surface area contributed by atoms with E-state index in [0.29, 0.717) is 36.6 Å². The van der Waals surface area contributed by atoms with E-state index in [-0.39, 0.29) is 28.4 Å². The van der Waals surface area contributed by atoms with Crippen LogP contribution in [-0.4, -0.2) is 56.6 Å². The van der Waals surface area contributed by atoms with Crippen molar-refractivity contribution in [1.29, 1.82) is 0 Å². The minimum absolute atomic E-state index is 0.0840. The number of benzene rings is 2. The van der Waals surface area contributed by atoms with Crippen LogP contribution in [0.4, 0.5) is 5.69 Å². The zero-order valence-corrected chi connectivity index (χ0v) is 15.7. The number of nitrogens with one attached hydrogen (secondary N) is 2. The molecule has 27 heavy (non-hydrogen) atoms. The highest BCUT2D eigenvalue weighted by atomic mass is 16.5. The molecule has 1 aliphatic carbocycles. The third-order valence-corrected chi connectivity index (χ3v) is 4.80. The van der Waals surface area contributed by atoms with Crippen LogP contribution in [0, 0.1) is 0 Å². The first kappa shape index (κ1) is 19.1. The SMILES string of the molecule is CCOCC[NH+](C)CCNc1ccc(O)c2c1C(=O)c1ccccc1C2=O. The molecule has 0 heterocycles. The van der Waals surface area contributed by atoms with Gasteiger partial charge in [-0.15, -0.1) is 0 Å². The highest BCUT2D eigenvalue weighted by molar-refractivity contribution is 6.31. The van der Waals surface area contributed by atoms with Crippen LogP contribution in [0.3, 0.4) is 0 Å². The van der Waals surface area contributed by atoms with Gasteiger partial charge in [0.2, 0.25) is 0 Å². The molecule has 6 nitrogen and oxygen atoms in total. The summed E-state index contributed by atoms with van der Waals surface area (Å²) in [5.41, 5.74) is 1.63. The average molecular weight is 369 g/mol. The zero-order chi connectivity index (χ0) is 19.4. The second-order valence-electron chi connectivity index (χ2n) is 6.67. The summed E-state index contributed by atoms with van der Waals surface area (Å²) in [6.07, 6.45) is 0. The number of aromatic hydroxyl groups is 1. The van der Waals surface area contributed by atoms with Crippen LogP contribution < -0.4 is 10.2 Å². The van der Waals surface area contributed by atoms with Crippen molar-refractivity contribution in [2.45, 2.75) is 6.92 Å². The molecule has 3 rings (SSSR count). The summed E-state index contributed by atoms with van der Waals surface area (Å²) in [4.78, 5) is 27.1. The predicted molar refractivity (Wildman–Crippen MR) is 103 cm³/mol. The van der Waals surface area contributed by atoms with Crippen molar-refractivity contribution in [1.82, 2.24) is 0 Å². The third kappa shape index (κ3) is 3.86. The van der Waals surface area contributed by atoms with E-state index in [1.807, 2.05) is 6.92 Å². The number of likely N-dealkylation sites (N-methyl/N-ethyl adjacent to an activating group) is 1. The van der Waals surface area contributed by atoms with Gasteiger partial charge in [-0.2, -0.15) is 0 Å². The Morgan fingerprint density at radius 1 is 1.00 bits per heavy atom. The van der Waals surface area contributed by atoms with Gasteiger partial charge in [0.1, 0.15) is 12.3 Å². The van der Waals surface area contributed by atoms with Gasteiger partial charge in [-0.25, -0.2) is 0 Å². The highest BCUT2D eigenvalue weighted by Gasteiger charge is 2.33. The molecule has 2 aromatic carbocycles. The van der Waals surface area contributed by atoms with Gasteiger partial charge < -0.3 is 20.1 Å². The smallest absolute Gasteiger partial charge is 0.198 e. The quantitative estimate of drug-likeness (QED) is 0.410. The van der Waals surface area contributed by atoms with Crippen LogP contribution in [0.15, 0.2) is 36.4 Å². The van der Waals surface area contributed by atoms with Gasteiger partial charge in [-0.05, 0) is 19.1 Å². The number of phenols is 1. The molecular weight excluding hydrogens is 344 g/mol. The van der Waals surface area contributed by atoms with Crippen molar-refractivity contribution in [3.05, 3.63) is 58.7 Å². The van der Waals surface area contributed by atoms with E-state index in [1.54, 1.807) is 30.3 Å². The van der Waals surface area contributed by atoms with E-state index in [9.17, 15) is 14.7 Å². The number of carbonyl (C=O) groups is 2. The van der Waals surface area contributed by atoms with Crippen LogP contribution in [0.2, 0.25) is 0 Å². The third-order valence-electron chi connectivity index (χ3n) is 4.80. The molecule has 0 fully saturated rings. The molecule has 0 radical (unpaired) electrons. The number of phenolic OH excluding ortho intramolecular Hbond substituents is 1. The van der Waals surface area contributed by atoms with Crippen molar-refractivity contribution in [2.75, 3.05) is 45.2 Å². The Bertz CT molecular complexity index is 863. The Balaban J connectivity index is 1.79. The number of carbonyl (C=O) groups excluding carboxylic acids is 2. The number of quaternary nitrogens is 1. The van der Waals surface area contributed by atoms with Gasteiger partial charge in [0, 0.05) is 23.4 Å². The lowest BCUT2D eigenvalue weighted by atomic mass is 9.82. The maximum atomic E-state index is 13.0. The molecule has 0 saturated carbocycles. The Hall–Kier alpha value is -2.70. The van der Waals surface area contributed by atoms with Gasteiger partial charge in [0.25, 0.3) is 0 Å². The molecule has 0 bridgehead atoms. The summed E-state index contributed by atoms with van der Waals surface area (Å²) in [7, 11) is 2.08. The fourth-order valence-corrected chi connectivity index (χ4v) is 3.28. The normalized spacial score (nSPS) is 13.9. The number of ketones is 2. The molecule has 0 aliphatic heterocycles. The summed E-state index contributed by atoms with van der Waals surface area (Å²) in [6.45, 7) is 5.76. The lowest BCUT2D eigenvalue weighted by Gasteiger charge is -2.22. The zero-order valence-electron chi connectivity index (χ0n) is 15.7. The standard InChI is InChI=1S/C21H24N2O4/c1-3-27-13-12-23(2)11-10-22-16-8-9-17(24)19-18(16)20(25)14-6-4-5-7-15(14)21(19)26/h4-9,22,24H,3,10-13H2,1-2H3/p+1. The van der Waals surface area contributed by atoms with E-state index >= 15 is 0 Å². The maximum Gasteiger partial charge on any atom is 0.198 e. The Labute approximate surface area is 158 Å². The molecule has 142 valence electrons. The average Bonchev–Trinajstić information content (AvgIpc) is 2.67. The molecular formula is C21H25N2O4+. The fraction of sp³-hybridized carbons (Fsp3) is 0.333. The first-order valence-electron chi connectivity index (χ1n) is 9.22. The highest BCUT2D eigenvalue weighted by Crippen LogP contribution is 2.36. The minimum atomic E-state index is -0.319. The molecule has 1 atom stereocenters. The lowest BCUT2D eigenvalue weighted by molar-refractivity contribution is -0.878. The fourth-order valence-electron chi connectivity index (χ4n) is 3.28. The van der Waals surface area contributed by atoms with Gasteiger partial charge in [-0.3, -0.25) is 9.59 Å². The first-order chi connectivity index (χ1) is 13.0. The number of anilines is 1. The number of rotatable bonds is 8. The van der Waals surface area contributed by atoms with E-state index < -0.39 is 0 Å². The number of fused-ring (bicyclic) bond motifs is 2. The van der Waals surface area contributed by atoms with Crippen LogP contribution in [-0.2, 0) is 4.74 Å². The van der Waals surface area contributed by atoms with Crippen LogP contribution in [0.1, 0.15) is 38.8 Å². The summed E-state index contributed by atoms with van der Waals surface area (Å²) in [5.74, 6) is -0.723. The molecule has 3 N–H and O–H groups in total. The molecule has 0 saturated heterocycles. The van der Waals surface area contributed by atoms with Crippen molar-refractivity contribution in [3.63, 3.8) is 0 Å². The first-order valence-corrected chi connectivity index (χ1v) is 9.22. The Morgan fingerprint density at radius 2 is 1.67 bits per heavy atom. The molecule has 2 aromatic rings. The number of ether oxygens (including phenoxy) is 1. The van der Waals surface area contributed by atoms with Crippen molar-refractivity contribution >= 4 is 17.3 Å². The second kappa shape index (κ2) is 8.33. The van der Waals surface area contributed by atoms with Crippen molar-refractivity contribution in [2.24, 2.45) is 0 Å². The maximum absolute atomic E-state index is 13.0. The van der Waals surface area contributed by atoms with Gasteiger partial charge >= 0.3 is 0 Å². The number of hydrogen-bond donors (Lipinski definition) is 3. The van der Waals surface area contributed by atoms with Gasteiger partial charge in [0.15, 0.2) is 11.6 Å². The Kier molecular flexibility index (Phi) is 5.88. The van der Waals surface area contributed by atoms with Crippen LogP contribution in [0.5, 0.6) is 5.75 Å². The predicted octanol–water partition coefficient (Wildman–Crippen LogP) is 1.13. The molecule has 0 amide bonds. The lowest BCUT2D eigenvalue weighted by Crippen LogP contribution is -3.10. The van der Waals surface area contributed by atoms with E-state index in [1.165, 1.54) is 11.0 Å². The molecule has 0 aromatic heterocycles. The second-order valence-corrected chi connectivity index (χ2v) is 6.67. The molecule has 1 aliphatic rings. The summed E-state index contributed by atoms with van der Waals surface area (Å²) in [6, 6.07) is 9.85. The number of hydrogen-bond acceptors (Lipinski definition) is 5. The molecule has 1 unspecified atom stereocenters. The largest absolute Gasteiger partial charge is 0.507 e. The van der Waals surface area contributed by atoms with Crippen molar-refractivity contribution in [3.8, 4) is 5.75 Å². The summed E-state index contributed by atoms with van der Waals surface area (Å²) < 4.78 is 5.36. The van der Waals surface area contributed by atoms with Crippen molar-refractivity contribution < 1.29 is 24.3 Å². The Morgan fingerprint density at radius 3 is 2.33 bits per heavy atom. The van der Waals surface area contributed by atoms with Crippen LogP contribution in [0.25, 0.3) is 0 Å². The summed E-state index contributed by atoms with van der Waals surface area (Å²) >= 11 is 0. The van der Waals surface area contributed by atoms with Gasteiger partial charge in [0.05, 0.1) is 37.9 Å². The van der Waals surface area contributed by atoms with E-state index in [0.717, 1.165) is 13.1 Å².